The summed E-state index contributed by atoms with van der Waals surface area (Å²) < 4.78 is 76.1. The highest BCUT2D eigenvalue weighted by molar-refractivity contribution is 7.90. The quantitative estimate of drug-likeness (QED) is 0.673. The maximum Gasteiger partial charge on any atom is 0.511 e. The molecule has 1 N–H and O–H groups in total. The number of hydrogen-bond donors (Lipinski definition) is 1. The summed E-state index contributed by atoms with van der Waals surface area (Å²) in [6.45, 7) is 1.71. The van der Waals surface area contributed by atoms with Crippen LogP contribution in [0.3, 0.4) is 0 Å². The molecule has 1 saturated heterocycles. The molecule has 2 unspecified atom stereocenters. The highest BCUT2D eigenvalue weighted by atomic mass is 32.2. The first-order chi connectivity index (χ1) is 15.6. The van der Waals surface area contributed by atoms with E-state index in [1.807, 2.05) is 6.92 Å². The van der Waals surface area contributed by atoms with Crippen LogP contribution in [0.1, 0.15) is 55.7 Å². The number of alkyl halides is 3. The smallest absolute Gasteiger partial charge is 0.467 e. The maximum absolute atomic E-state index is 13.0. The van der Waals surface area contributed by atoms with Crippen LogP contribution in [-0.2, 0) is 19.6 Å². The number of piperidine rings is 1. The van der Waals surface area contributed by atoms with Gasteiger partial charge in [-0.2, -0.15) is 13.2 Å². The van der Waals surface area contributed by atoms with E-state index in [0.29, 0.717) is 12.3 Å². The summed E-state index contributed by atoms with van der Waals surface area (Å²) in [6, 6.07) is -2.00. The van der Waals surface area contributed by atoms with E-state index in [1.165, 1.54) is 11.2 Å². The Kier molecular flexibility index (Phi) is 6.83. The van der Waals surface area contributed by atoms with E-state index in [9.17, 15) is 26.4 Å². The number of hydrogen-bond acceptors (Lipinski definition) is 7. The molecule has 2 fully saturated rings. The van der Waals surface area contributed by atoms with Gasteiger partial charge >= 0.3 is 15.5 Å². The van der Waals surface area contributed by atoms with Gasteiger partial charge in [-0.25, -0.2) is 23.1 Å². The lowest BCUT2D eigenvalue weighted by Crippen LogP contribution is -2.60. The second kappa shape index (κ2) is 9.34. The first-order valence-corrected chi connectivity index (χ1v) is 12.5. The predicted octanol–water partition coefficient (Wildman–Crippen LogP) is 2.02. The molecule has 4 heterocycles. The number of sulfonamides is 1. The fraction of sp³-hybridized carbons (Fsp3) is 0.750. The molecule has 1 aliphatic carbocycles. The van der Waals surface area contributed by atoms with Gasteiger partial charge < -0.3 is 14.4 Å². The van der Waals surface area contributed by atoms with Gasteiger partial charge in [0, 0.05) is 23.8 Å². The Hall–Kier alpha value is -1.99. The number of carbonyl (C=O) groups excluding carboxylic acids is 1. The van der Waals surface area contributed by atoms with Crippen molar-refractivity contribution in [3.8, 4) is 5.88 Å². The van der Waals surface area contributed by atoms with Gasteiger partial charge in [-0.15, -0.1) is 0 Å². The fourth-order valence-corrected chi connectivity index (χ4v) is 5.80. The van der Waals surface area contributed by atoms with E-state index in [2.05, 4.69) is 9.97 Å². The molecule has 1 saturated carbocycles. The zero-order valence-corrected chi connectivity index (χ0v) is 19.0. The molecule has 13 heteroatoms. The molecular formula is C20H27F3N4O5S. The number of nitrogens with one attached hydrogen (secondary N) is 1. The van der Waals surface area contributed by atoms with Gasteiger partial charge in [0.2, 0.25) is 5.88 Å². The van der Waals surface area contributed by atoms with E-state index in [1.54, 1.807) is 4.72 Å². The molecule has 9 nitrogen and oxygen atoms in total. The number of fused-ring (bicyclic) bond motifs is 5. The molecule has 184 valence electrons. The number of nitrogens with zero attached hydrogens (tertiary/aromatic N) is 3. The summed E-state index contributed by atoms with van der Waals surface area (Å²) in [7, 11) is -5.57. The third-order valence-electron chi connectivity index (χ3n) is 6.67. The number of aromatic nitrogens is 2. The Morgan fingerprint density at radius 3 is 2.58 bits per heavy atom. The van der Waals surface area contributed by atoms with E-state index in [-0.39, 0.29) is 38.2 Å². The van der Waals surface area contributed by atoms with Crippen LogP contribution in [0.2, 0.25) is 0 Å². The van der Waals surface area contributed by atoms with Crippen molar-refractivity contribution in [2.45, 2.75) is 75.1 Å². The summed E-state index contributed by atoms with van der Waals surface area (Å²) >= 11 is 0. The Morgan fingerprint density at radius 1 is 1.15 bits per heavy atom. The second-order valence-corrected chi connectivity index (χ2v) is 10.4. The van der Waals surface area contributed by atoms with Crippen LogP contribution < -0.4 is 9.46 Å². The van der Waals surface area contributed by atoms with E-state index in [4.69, 9.17) is 9.47 Å². The number of ether oxygens (including phenoxy) is 2. The van der Waals surface area contributed by atoms with Crippen LogP contribution in [0.25, 0.3) is 0 Å². The van der Waals surface area contributed by atoms with Crippen molar-refractivity contribution in [1.82, 2.24) is 19.6 Å². The van der Waals surface area contributed by atoms with Crippen molar-refractivity contribution in [1.29, 1.82) is 0 Å². The molecule has 0 spiro atoms. The zero-order valence-electron chi connectivity index (χ0n) is 18.2. The molecular weight excluding hydrogens is 465 g/mol. The van der Waals surface area contributed by atoms with Crippen molar-refractivity contribution in [3.05, 3.63) is 17.6 Å². The van der Waals surface area contributed by atoms with Crippen LogP contribution in [0.4, 0.5) is 13.2 Å². The molecule has 3 aliphatic heterocycles. The predicted molar refractivity (Wildman–Crippen MR) is 110 cm³/mol. The van der Waals surface area contributed by atoms with Crippen LogP contribution in [-0.4, -0.2) is 72.6 Å². The standard InChI is InChI=1S/C20H27F3N4O5S/c1-12-18-13-4-6-14(7-5-13)31-9-16-15(26-33(29,30)20(21,22)23)3-2-8-27(16)17(28)10-32-19(18)25-11-24-12/h11,13-16,26H,2-10H2,1H3/t13-,14+,15?,16?. The number of halogens is 3. The molecule has 0 aromatic carbocycles. The minimum Gasteiger partial charge on any atom is -0.467 e. The summed E-state index contributed by atoms with van der Waals surface area (Å²) in [6.07, 6.45) is 4.78. The monoisotopic (exact) mass is 492 g/mol. The van der Waals surface area contributed by atoms with Crippen molar-refractivity contribution >= 4 is 15.9 Å². The molecule has 2 atom stereocenters. The average molecular weight is 493 g/mol. The van der Waals surface area contributed by atoms with Crippen molar-refractivity contribution in [2.75, 3.05) is 19.8 Å². The Morgan fingerprint density at radius 2 is 1.88 bits per heavy atom. The summed E-state index contributed by atoms with van der Waals surface area (Å²) in [4.78, 5) is 22.9. The summed E-state index contributed by atoms with van der Waals surface area (Å²) in [5, 5.41) is 0. The van der Waals surface area contributed by atoms with Crippen molar-refractivity contribution in [3.63, 3.8) is 0 Å². The van der Waals surface area contributed by atoms with Crippen LogP contribution in [0, 0.1) is 6.92 Å². The summed E-state index contributed by atoms with van der Waals surface area (Å²) in [5.74, 6) is 0.0292. The molecule has 5 rings (SSSR count). The van der Waals surface area contributed by atoms with Gasteiger partial charge in [-0.1, -0.05) is 0 Å². The minimum absolute atomic E-state index is 0.0576. The molecule has 0 radical (unpaired) electrons. The average Bonchev–Trinajstić information content (AvgIpc) is 2.77. The number of amides is 1. The van der Waals surface area contributed by atoms with Crippen LogP contribution in [0.15, 0.2) is 6.33 Å². The van der Waals surface area contributed by atoms with Gasteiger partial charge in [0.1, 0.15) is 6.33 Å². The number of rotatable bonds is 2. The van der Waals surface area contributed by atoms with Crippen LogP contribution >= 0.6 is 0 Å². The van der Waals surface area contributed by atoms with E-state index < -0.39 is 33.5 Å². The van der Waals surface area contributed by atoms with Crippen molar-refractivity contribution in [2.24, 2.45) is 0 Å². The van der Waals surface area contributed by atoms with E-state index in [0.717, 1.165) is 36.9 Å². The topological polar surface area (TPSA) is 111 Å². The third-order valence-corrected chi connectivity index (χ3v) is 7.90. The van der Waals surface area contributed by atoms with Gasteiger partial charge in [-0.05, 0) is 51.4 Å². The SMILES string of the molecule is Cc1ncnc2c1[C@H]1CC[C@H](CC1)OCC1C(NS(=O)(=O)C(F)(F)F)CCCN1C(=O)CO2. The molecule has 4 aliphatic rings. The van der Waals surface area contributed by atoms with Gasteiger partial charge in [0.25, 0.3) is 5.91 Å². The lowest BCUT2D eigenvalue weighted by Gasteiger charge is -2.42. The Bertz CT molecular complexity index is 982. The van der Waals surface area contributed by atoms with Gasteiger partial charge in [0.05, 0.1) is 18.8 Å². The highest BCUT2D eigenvalue weighted by Crippen LogP contribution is 2.39. The molecule has 1 amide bonds. The number of carbonyl (C=O) groups is 1. The summed E-state index contributed by atoms with van der Waals surface area (Å²) in [5.41, 5.74) is -3.79. The molecule has 33 heavy (non-hydrogen) atoms. The fourth-order valence-electron chi connectivity index (χ4n) is 4.99. The molecule has 2 bridgehead atoms. The molecule has 1 aromatic rings. The lowest BCUT2D eigenvalue weighted by atomic mass is 9.82. The van der Waals surface area contributed by atoms with Crippen molar-refractivity contribution < 1.29 is 35.9 Å². The number of aryl methyl sites for hydroxylation is 1. The van der Waals surface area contributed by atoms with Gasteiger partial charge in [-0.3, -0.25) is 4.79 Å². The highest BCUT2D eigenvalue weighted by Gasteiger charge is 2.49. The minimum atomic E-state index is -5.57. The third kappa shape index (κ3) is 5.09. The maximum atomic E-state index is 13.0. The zero-order chi connectivity index (χ0) is 23.8. The van der Waals surface area contributed by atoms with E-state index >= 15 is 0 Å². The second-order valence-electron chi connectivity index (χ2n) is 8.74. The normalized spacial score (nSPS) is 29.2. The first-order valence-electron chi connectivity index (χ1n) is 11.0. The largest absolute Gasteiger partial charge is 0.511 e. The Labute approximate surface area is 190 Å². The van der Waals surface area contributed by atoms with Crippen LogP contribution in [0.5, 0.6) is 5.88 Å². The molecule has 1 aromatic heterocycles. The lowest BCUT2D eigenvalue weighted by molar-refractivity contribution is -0.140. The Balaban J connectivity index is 1.62. The first kappa shape index (κ1) is 24.1. The van der Waals surface area contributed by atoms with Gasteiger partial charge in [0.15, 0.2) is 6.61 Å².